The Labute approximate surface area is 80.7 Å². The van der Waals surface area contributed by atoms with Crippen molar-refractivity contribution in [2.24, 2.45) is 0 Å². The average molecular weight is 177 g/mol. The summed E-state index contributed by atoms with van der Waals surface area (Å²) < 4.78 is 5.10. The maximum atomic E-state index is 5.10. The molecule has 1 aliphatic rings. The second-order valence-corrected chi connectivity index (χ2v) is 3.07. The summed E-state index contributed by atoms with van der Waals surface area (Å²) in [7, 11) is 2.11. The third-order valence-corrected chi connectivity index (χ3v) is 1.90. The van der Waals surface area contributed by atoms with Crippen LogP contribution in [0, 0.1) is 0 Å². The Balaban J connectivity index is 0.000000132. The molecular formula is C10H16BNO. The van der Waals surface area contributed by atoms with Crippen LogP contribution in [0.25, 0.3) is 0 Å². The van der Waals surface area contributed by atoms with E-state index in [0.717, 1.165) is 26.3 Å². The van der Waals surface area contributed by atoms with Crippen LogP contribution >= 0.6 is 0 Å². The predicted molar refractivity (Wildman–Crippen MR) is 56.1 cm³/mol. The van der Waals surface area contributed by atoms with Gasteiger partial charge in [-0.25, -0.2) is 0 Å². The summed E-state index contributed by atoms with van der Waals surface area (Å²) in [5, 5.41) is 0. The minimum absolute atomic E-state index is 0.913. The van der Waals surface area contributed by atoms with Gasteiger partial charge >= 0.3 is 37.0 Å². The zero-order valence-electron chi connectivity index (χ0n) is 8.15. The van der Waals surface area contributed by atoms with E-state index in [9.17, 15) is 0 Å². The molecule has 2 rings (SSSR count). The summed E-state index contributed by atoms with van der Waals surface area (Å²) in [6.45, 7) is 6.02. The summed E-state index contributed by atoms with van der Waals surface area (Å²) in [6.07, 6.45) is 0. The zero-order valence-corrected chi connectivity index (χ0v) is 8.15. The van der Waals surface area contributed by atoms with E-state index >= 15 is 0 Å². The number of hydrogen-bond donors (Lipinski definition) is 0. The molecule has 1 aromatic rings. The summed E-state index contributed by atoms with van der Waals surface area (Å²) in [5.41, 5.74) is 0. The minimum atomic E-state index is 0.913. The molecule has 0 unspecified atom stereocenters. The Hall–Kier alpha value is -0.665. The van der Waals surface area contributed by atoms with Gasteiger partial charge in [0.2, 0.25) is 0 Å². The van der Waals surface area contributed by atoms with E-state index in [0.29, 0.717) is 0 Å². The molecule has 1 fully saturated rings. The van der Waals surface area contributed by atoms with Crippen LogP contribution in [0.4, 0.5) is 0 Å². The Kier molecular flexibility index (Phi) is 5.46. The standard InChI is InChI=1S/C5H5B.C5H11NO/c1-2-4-6-5-3-1;1-6-2-4-7-5-3-6/h1-5H;2-5H2,1H3. The van der Waals surface area contributed by atoms with Crippen molar-refractivity contribution in [2.75, 3.05) is 33.4 Å². The summed E-state index contributed by atoms with van der Waals surface area (Å²) in [6, 6.07) is 6.00. The van der Waals surface area contributed by atoms with Crippen molar-refractivity contribution in [2.45, 2.75) is 0 Å². The Bertz CT molecular complexity index is 173. The molecule has 0 aromatic carbocycles. The second-order valence-electron chi connectivity index (χ2n) is 3.07. The average Bonchev–Trinajstić information content (AvgIpc) is 2.22. The fourth-order valence-corrected chi connectivity index (χ4v) is 1.04. The molecule has 3 heteroatoms. The Morgan fingerprint density at radius 2 is 1.69 bits per heavy atom. The van der Waals surface area contributed by atoms with Crippen molar-refractivity contribution in [3.63, 3.8) is 0 Å². The topological polar surface area (TPSA) is 12.5 Å². The van der Waals surface area contributed by atoms with Gasteiger partial charge in [0, 0.05) is 13.1 Å². The first-order chi connectivity index (χ1) is 6.39. The molecule has 0 amide bonds. The molecule has 2 heterocycles. The molecule has 70 valence electrons. The van der Waals surface area contributed by atoms with Gasteiger partial charge in [-0.05, 0) is 7.05 Å². The van der Waals surface area contributed by atoms with Crippen LogP contribution in [0.3, 0.4) is 0 Å². The van der Waals surface area contributed by atoms with Gasteiger partial charge in [0.25, 0.3) is 0 Å². The molecule has 2 nitrogen and oxygen atoms in total. The first-order valence-corrected chi connectivity index (χ1v) is 4.66. The molecule has 13 heavy (non-hydrogen) atoms. The van der Waals surface area contributed by atoms with Crippen molar-refractivity contribution < 1.29 is 4.74 Å². The van der Waals surface area contributed by atoms with Crippen molar-refractivity contribution in [1.29, 1.82) is 0 Å². The SMILES string of the molecule is CN1CCOCC1.b1ccccc1. The molecule has 0 atom stereocenters. The van der Waals surface area contributed by atoms with E-state index in [1.807, 2.05) is 37.0 Å². The number of hydrogen-bond acceptors (Lipinski definition) is 2. The van der Waals surface area contributed by atoms with Crippen LogP contribution in [0.5, 0.6) is 0 Å². The van der Waals surface area contributed by atoms with Crippen molar-refractivity contribution >= 4 is 6.91 Å². The van der Waals surface area contributed by atoms with Crippen molar-refractivity contribution in [1.82, 2.24) is 4.90 Å². The van der Waals surface area contributed by atoms with Crippen LogP contribution in [-0.2, 0) is 4.74 Å². The molecule has 0 aliphatic carbocycles. The van der Waals surface area contributed by atoms with E-state index in [4.69, 9.17) is 4.74 Å². The van der Waals surface area contributed by atoms with Gasteiger partial charge in [-0.15, -0.1) is 0 Å². The first kappa shape index (κ1) is 10.4. The zero-order chi connectivity index (χ0) is 9.36. The normalized spacial score (nSPS) is 17.0. The van der Waals surface area contributed by atoms with Gasteiger partial charge in [0.05, 0.1) is 13.2 Å². The van der Waals surface area contributed by atoms with Gasteiger partial charge in [-0.3, -0.25) is 0 Å². The third kappa shape index (κ3) is 5.55. The molecule has 0 saturated carbocycles. The molecule has 1 aromatic heterocycles. The molecular weight excluding hydrogens is 161 g/mol. The van der Waals surface area contributed by atoms with Crippen LogP contribution in [0.1, 0.15) is 0 Å². The van der Waals surface area contributed by atoms with E-state index in [1.165, 1.54) is 0 Å². The third-order valence-electron chi connectivity index (χ3n) is 1.90. The molecule has 0 spiro atoms. The van der Waals surface area contributed by atoms with E-state index in [2.05, 4.69) is 11.9 Å². The van der Waals surface area contributed by atoms with E-state index in [1.54, 1.807) is 0 Å². The molecule has 0 radical (unpaired) electrons. The summed E-state index contributed by atoms with van der Waals surface area (Å²) in [5.74, 6) is 4.00. The number of nitrogens with zero attached hydrogens (tertiary/aromatic N) is 1. The number of rotatable bonds is 0. The van der Waals surface area contributed by atoms with Gasteiger partial charge in [-0.1, -0.05) is 0 Å². The quantitative estimate of drug-likeness (QED) is 0.585. The number of likely N-dealkylation sites (N-methyl/N-ethyl adjacent to an activating group) is 1. The monoisotopic (exact) mass is 177 g/mol. The van der Waals surface area contributed by atoms with Gasteiger partial charge in [0.15, 0.2) is 0 Å². The maximum absolute atomic E-state index is 5.10. The molecule has 1 saturated heterocycles. The summed E-state index contributed by atoms with van der Waals surface area (Å²) >= 11 is 0. The number of ether oxygens (including phenoxy) is 1. The fourth-order valence-electron chi connectivity index (χ4n) is 1.04. The second kappa shape index (κ2) is 6.81. The van der Waals surface area contributed by atoms with Crippen LogP contribution < -0.4 is 0 Å². The Morgan fingerprint density at radius 3 is 1.92 bits per heavy atom. The van der Waals surface area contributed by atoms with Crippen LogP contribution in [0.2, 0.25) is 0 Å². The molecule has 0 bridgehead atoms. The van der Waals surface area contributed by atoms with E-state index < -0.39 is 0 Å². The molecule has 0 N–H and O–H groups in total. The van der Waals surface area contributed by atoms with E-state index in [-0.39, 0.29) is 0 Å². The van der Waals surface area contributed by atoms with Crippen LogP contribution in [0.15, 0.2) is 30.1 Å². The van der Waals surface area contributed by atoms with Gasteiger partial charge in [0.1, 0.15) is 0 Å². The van der Waals surface area contributed by atoms with Crippen molar-refractivity contribution in [3.05, 3.63) is 30.1 Å². The predicted octanol–water partition coefficient (Wildman–Crippen LogP) is 0.973. The Morgan fingerprint density at radius 1 is 1.08 bits per heavy atom. The molecule has 1 aliphatic heterocycles. The van der Waals surface area contributed by atoms with Crippen LogP contribution in [-0.4, -0.2) is 45.2 Å². The van der Waals surface area contributed by atoms with Gasteiger partial charge in [-0.2, -0.15) is 0 Å². The first-order valence-electron chi connectivity index (χ1n) is 4.66. The fraction of sp³-hybridized carbons (Fsp3) is 0.500. The summed E-state index contributed by atoms with van der Waals surface area (Å²) in [4.78, 5) is 2.27. The van der Waals surface area contributed by atoms with Gasteiger partial charge < -0.3 is 9.64 Å². The van der Waals surface area contributed by atoms with Crippen molar-refractivity contribution in [3.8, 4) is 0 Å². The number of morpholine rings is 1.